The number of halogens is 1. The van der Waals surface area contributed by atoms with E-state index in [0.717, 1.165) is 24.0 Å². The van der Waals surface area contributed by atoms with Gasteiger partial charge in [0, 0.05) is 23.0 Å². The van der Waals surface area contributed by atoms with Crippen LogP contribution in [0.5, 0.6) is 5.75 Å². The maximum absolute atomic E-state index is 13.2. The van der Waals surface area contributed by atoms with E-state index in [1.807, 2.05) is 23.1 Å². The molecule has 2 aromatic rings. The number of hydrogen-bond acceptors (Lipinski definition) is 3. The summed E-state index contributed by atoms with van der Waals surface area (Å²) in [6.45, 7) is 2.27. The van der Waals surface area contributed by atoms with Crippen LogP contribution in [-0.2, 0) is 16.0 Å². The van der Waals surface area contributed by atoms with Gasteiger partial charge in [-0.3, -0.25) is 4.79 Å². The van der Waals surface area contributed by atoms with Crippen molar-refractivity contribution in [2.24, 2.45) is 11.8 Å². The molecule has 1 saturated carbocycles. The highest BCUT2D eigenvalue weighted by molar-refractivity contribution is 6.30. The number of nitrogens with zero attached hydrogens (tertiary/aromatic N) is 1. The largest absolute Gasteiger partial charge is 0.482 e. The lowest BCUT2D eigenvalue weighted by Crippen LogP contribution is -2.41. The fourth-order valence-electron chi connectivity index (χ4n) is 4.02. The average molecular weight is 400 g/mol. The van der Waals surface area contributed by atoms with E-state index in [1.54, 1.807) is 18.2 Å². The van der Waals surface area contributed by atoms with Gasteiger partial charge in [-0.2, -0.15) is 0 Å². The van der Waals surface area contributed by atoms with E-state index in [2.05, 4.69) is 13.0 Å². The van der Waals surface area contributed by atoms with Crippen molar-refractivity contribution in [1.82, 2.24) is 4.90 Å². The van der Waals surface area contributed by atoms with Gasteiger partial charge in [0.2, 0.25) is 5.91 Å². The minimum Gasteiger partial charge on any atom is -0.482 e. The lowest BCUT2D eigenvalue weighted by molar-refractivity contribution is -0.139. The predicted molar refractivity (Wildman–Crippen MR) is 106 cm³/mol. The third kappa shape index (κ3) is 3.59. The Balaban J connectivity index is 1.80. The van der Waals surface area contributed by atoms with Gasteiger partial charge in [0.05, 0.1) is 6.04 Å². The maximum atomic E-state index is 13.2. The molecule has 0 spiro atoms. The fourth-order valence-corrected chi connectivity index (χ4v) is 4.20. The Labute approximate surface area is 168 Å². The highest BCUT2D eigenvalue weighted by Crippen LogP contribution is 2.45. The van der Waals surface area contributed by atoms with Crippen LogP contribution in [0.2, 0.25) is 5.02 Å². The highest BCUT2D eigenvalue weighted by atomic mass is 35.5. The van der Waals surface area contributed by atoms with Crippen LogP contribution in [0, 0.1) is 11.8 Å². The average Bonchev–Trinajstić information content (AvgIpc) is 3.42. The van der Waals surface area contributed by atoms with Crippen LogP contribution in [0.4, 0.5) is 0 Å². The van der Waals surface area contributed by atoms with Crippen molar-refractivity contribution in [3.05, 3.63) is 64.2 Å². The Morgan fingerprint density at radius 2 is 1.96 bits per heavy atom. The SMILES string of the molecule is C[C@@H]1C[C@H]1C(=O)N1CCc2ccccc2[C@H]1c1cc(Cl)ccc1OCC(=O)O. The fraction of sp³-hybridized carbons (Fsp3) is 0.364. The van der Waals surface area contributed by atoms with Crippen LogP contribution in [0.3, 0.4) is 0 Å². The summed E-state index contributed by atoms with van der Waals surface area (Å²) in [6, 6.07) is 12.9. The number of amides is 1. The smallest absolute Gasteiger partial charge is 0.341 e. The van der Waals surface area contributed by atoms with Crippen LogP contribution < -0.4 is 4.74 Å². The van der Waals surface area contributed by atoms with Gasteiger partial charge < -0.3 is 14.7 Å². The molecular formula is C22H22ClNO4. The summed E-state index contributed by atoms with van der Waals surface area (Å²) < 4.78 is 5.55. The van der Waals surface area contributed by atoms with E-state index in [1.165, 1.54) is 5.56 Å². The summed E-state index contributed by atoms with van der Waals surface area (Å²) in [5.74, 6) is 0.0127. The third-order valence-electron chi connectivity index (χ3n) is 5.61. The molecule has 0 unspecified atom stereocenters. The van der Waals surface area contributed by atoms with Crippen LogP contribution in [-0.4, -0.2) is 35.0 Å². The van der Waals surface area contributed by atoms with Gasteiger partial charge in [0.15, 0.2) is 6.61 Å². The van der Waals surface area contributed by atoms with E-state index >= 15 is 0 Å². The Morgan fingerprint density at radius 3 is 2.68 bits per heavy atom. The van der Waals surface area contributed by atoms with E-state index in [4.69, 9.17) is 21.4 Å². The van der Waals surface area contributed by atoms with E-state index in [0.29, 0.717) is 23.2 Å². The zero-order valence-electron chi connectivity index (χ0n) is 15.6. The van der Waals surface area contributed by atoms with Crippen molar-refractivity contribution in [2.45, 2.75) is 25.8 Å². The van der Waals surface area contributed by atoms with E-state index in [9.17, 15) is 9.59 Å². The van der Waals surface area contributed by atoms with Crippen LogP contribution in [0.25, 0.3) is 0 Å². The first kappa shape index (κ1) is 18.8. The standard InChI is InChI=1S/C22H22ClNO4/c1-13-10-17(13)22(27)24-9-8-14-4-2-3-5-16(14)21(24)18-11-15(23)6-7-19(18)28-12-20(25)26/h2-7,11,13,17,21H,8-10,12H2,1H3,(H,25,26)/t13-,17-,21+/m1/s1. The van der Waals surface area contributed by atoms with Gasteiger partial charge in [-0.1, -0.05) is 42.8 Å². The molecule has 1 aliphatic heterocycles. The number of ether oxygens (including phenoxy) is 1. The van der Waals surface area contributed by atoms with E-state index in [-0.39, 0.29) is 17.9 Å². The van der Waals surface area contributed by atoms with Crippen LogP contribution in [0.15, 0.2) is 42.5 Å². The summed E-state index contributed by atoms with van der Waals surface area (Å²) in [4.78, 5) is 26.1. The summed E-state index contributed by atoms with van der Waals surface area (Å²) in [7, 11) is 0. The topological polar surface area (TPSA) is 66.8 Å². The van der Waals surface area contributed by atoms with Crippen molar-refractivity contribution < 1.29 is 19.4 Å². The molecule has 1 aliphatic carbocycles. The number of carboxylic acid groups (broad SMARTS) is 1. The molecule has 6 heteroatoms. The van der Waals surface area contributed by atoms with Crippen LogP contribution in [0.1, 0.15) is 36.1 Å². The molecule has 2 aliphatic rings. The molecule has 1 fully saturated rings. The first-order valence-electron chi connectivity index (χ1n) is 9.48. The number of fused-ring (bicyclic) bond motifs is 1. The lowest BCUT2D eigenvalue weighted by atomic mass is 9.87. The predicted octanol–water partition coefficient (Wildman–Crippen LogP) is 3.93. The summed E-state index contributed by atoms with van der Waals surface area (Å²) in [6.07, 6.45) is 1.72. The Morgan fingerprint density at radius 1 is 1.21 bits per heavy atom. The molecule has 3 atom stereocenters. The molecule has 1 heterocycles. The first-order valence-corrected chi connectivity index (χ1v) is 9.86. The molecule has 2 aromatic carbocycles. The van der Waals surface area contributed by atoms with Gasteiger partial charge in [-0.15, -0.1) is 0 Å². The molecule has 0 radical (unpaired) electrons. The maximum Gasteiger partial charge on any atom is 0.341 e. The Hall–Kier alpha value is -2.53. The van der Waals surface area contributed by atoms with Crippen LogP contribution >= 0.6 is 11.6 Å². The van der Waals surface area contributed by atoms with Crippen molar-refractivity contribution in [1.29, 1.82) is 0 Å². The second-order valence-corrected chi connectivity index (χ2v) is 8.00. The number of carboxylic acids is 1. The molecule has 5 nitrogen and oxygen atoms in total. The van der Waals surface area contributed by atoms with Gasteiger partial charge >= 0.3 is 5.97 Å². The lowest BCUT2D eigenvalue weighted by Gasteiger charge is -2.38. The van der Waals surface area contributed by atoms with Gasteiger partial charge in [0.1, 0.15) is 5.75 Å². The van der Waals surface area contributed by atoms with Gasteiger partial charge in [-0.05, 0) is 48.1 Å². The minimum absolute atomic E-state index is 0.0651. The van der Waals surface area contributed by atoms with Gasteiger partial charge in [-0.25, -0.2) is 4.79 Å². The summed E-state index contributed by atoms with van der Waals surface area (Å²) in [5.41, 5.74) is 2.95. The van der Waals surface area contributed by atoms with Crippen molar-refractivity contribution in [3.8, 4) is 5.75 Å². The Kier molecular flexibility index (Phi) is 5.02. The molecule has 1 N–H and O–H groups in total. The molecule has 0 bridgehead atoms. The van der Waals surface area contributed by atoms with Crippen molar-refractivity contribution >= 4 is 23.5 Å². The molecule has 28 heavy (non-hydrogen) atoms. The highest BCUT2D eigenvalue weighted by Gasteiger charge is 2.45. The zero-order chi connectivity index (χ0) is 19.8. The number of carbonyl (C=O) groups excluding carboxylic acids is 1. The normalized spacial score (nSPS) is 23.1. The molecule has 146 valence electrons. The minimum atomic E-state index is -1.05. The second kappa shape index (κ2) is 7.47. The molecule has 1 amide bonds. The number of carbonyl (C=O) groups is 2. The second-order valence-electron chi connectivity index (χ2n) is 7.57. The molecule has 0 aromatic heterocycles. The zero-order valence-corrected chi connectivity index (χ0v) is 16.4. The molecule has 0 saturated heterocycles. The third-order valence-corrected chi connectivity index (χ3v) is 5.85. The number of hydrogen-bond donors (Lipinski definition) is 1. The number of benzene rings is 2. The summed E-state index contributed by atoms with van der Waals surface area (Å²) in [5, 5.41) is 9.54. The van der Waals surface area contributed by atoms with Gasteiger partial charge in [0.25, 0.3) is 0 Å². The van der Waals surface area contributed by atoms with E-state index < -0.39 is 12.6 Å². The summed E-state index contributed by atoms with van der Waals surface area (Å²) >= 11 is 6.28. The van der Waals surface area contributed by atoms with Crippen molar-refractivity contribution in [2.75, 3.05) is 13.2 Å². The molecule has 4 rings (SSSR count). The Bertz CT molecular complexity index is 929. The van der Waals surface area contributed by atoms with Crippen molar-refractivity contribution in [3.63, 3.8) is 0 Å². The molecular weight excluding hydrogens is 378 g/mol. The number of aliphatic carboxylic acids is 1. The monoisotopic (exact) mass is 399 g/mol. The first-order chi connectivity index (χ1) is 13.5. The quantitative estimate of drug-likeness (QED) is 0.827. The number of rotatable bonds is 5.